The number of hydrogen-bond acceptors (Lipinski definition) is 4. The highest BCUT2D eigenvalue weighted by Gasteiger charge is 2.67. The Bertz CT molecular complexity index is 1240. The number of amides is 2. The lowest BCUT2D eigenvalue weighted by molar-refractivity contribution is -0.150. The number of aliphatic hydroxyl groups is 1. The Morgan fingerprint density at radius 2 is 1.97 bits per heavy atom. The van der Waals surface area contributed by atoms with Gasteiger partial charge in [0.25, 0.3) is 5.91 Å². The summed E-state index contributed by atoms with van der Waals surface area (Å²) in [7, 11) is -3.37. The van der Waals surface area contributed by atoms with Gasteiger partial charge in [0.05, 0.1) is 37.4 Å². The van der Waals surface area contributed by atoms with Crippen LogP contribution in [0.3, 0.4) is 0 Å². The summed E-state index contributed by atoms with van der Waals surface area (Å²) < 4.78 is 24.7. The topological polar surface area (TPSA) is 70.1 Å². The van der Waals surface area contributed by atoms with E-state index in [0.29, 0.717) is 13.1 Å². The summed E-state index contributed by atoms with van der Waals surface area (Å²) in [4.78, 5) is 31.2. The van der Waals surface area contributed by atoms with Crippen molar-refractivity contribution in [2.45, 2.75) is 69.1 Å². The maximum atomic E-state index is 16.0. The Morgan fingerprint density at radius 1 is 1.26 bits per heavy atom. The second-order valence-corrected chi connectivity index (χ2v) is 17.2. The number of ether oxygens (including phenoxy) is 1. The van der Waals surface area contributed by atoms with Crippen molar-refractivity contribution >= 4 is 64.4 Å². The molecule has 204 valence electrons. The summed E-state index contributed by atoms with van der Waals surface area (Å²) in [5.74, 6) is -0.805. The maximum Gasteiger partial charge on any atom is 0.264 e. The average Bonchev–Trinajstić information content (AvgIpc) is 3.51. The molecule has 2 saturated heterocycles. The SMILES string of the molecule is C[C@@H]1[C@@H]([Si](C)(C)F)[C@H](CC(=O)N2CCC[C@H]2CO)O[C@@]12C(=O)N(Cc1ccc(I)cc1)c1ccc(Br)cc12. The van der Waals surface area contributed by atoms with E-state index in [-0.39, 0.29) is 30.9 Å². The van der Waals surface area contributed by atoms with E-state index in [9.17, 15) is 14.7 Å². The highest BCUT2D eigenvalue weighted by Crippen LogP contribution is 2.60. The Hall–Kier alpha value is -1.34. The third-order valence-electron chi connectivity index (χ3n) is 8.46. The summed E-state index contributed by atoms with van der Waals surface area (Å²) in [5, 5.41) is 9.74. The lowest BCUT2D eigenvalue weighted by Gasteiger charge is -2.31. The van der Waals surface area contributed by atoms with E-state index in [1.54, 1.807) is 22.9 Å². The van der Waals surface area contributed by atoms with Gasteiger partial charge in [0.2, 0.25) is 14.3 Å². The molecule has 6 nitrogen and oxygen atoms in total. The van der Waals surface area contributed by atoms with Crippen LogP contribution < -0.4 is 4.90 Å². The Kier molecular flexibility index (Phi) is 7.84. The Labute approximate surface area is 246 Å². The van der Waals surface area contributed by atoms with E-state index in [0.717, 1.165) is 37.7 Å². The molecule has 0 saturated carbocycles. The van der Waals surface area contributed by atoms with E-state index in [2.05, 4.69) is 38.5 Å². The van der Waals surface area contributed by atoms with Crippen LogP contribution in [0, 0.1) is 9.49 Å². The van der Waals surface area contributed by atoms with Crippen LogP contribution >= 0.6 is 38.5 Å². The zero-order valence-corrected chi connectivity index (χ0v) is 26.5. The summed E-state index contributed by atoms with van der Waals surface area (Å²) in [6.07, 6.45) is 0.872. The van der Waals surface area contributed by atoms with Gasteiger partial charge in [0, 0.05) is 31.6 Å². The van der Waals surface area contributed by atoms with Crippen LogP contribution in [0.2, 0.25) is 18.6 Å². The smallest absolute Gasteiger partial charge is 0.264 e. The monoisotopic (exact) mass is 714 g/mol. The molecule has 3 heterocycles. The fraction of sp³-hybridized carbons (Fsp3) is 0.500. The van der Waals surface area contributed by atoms with E-state index in [1.807, 2.05) is 49.4 Å². The van der Waals surface area contributed by atoms with Gasteiger partial charge in [-0.1, -0.05) is 35.0 Å². The van der Waals surface area contributed by atoms with E-state index in [4.69, 9.17) is 4.74 Å². The predicted octanol–water partition coefficient (Wildman–Crippen LogP) is 5.75. The number of aliphatic hydroxyl groups excluding tert-OH is 1. The minimum atomic E-state index is -3.37. The number of benzene rings is 2. The fourth-order valence-electron chi connectivity index (χ4n) is 6.79. The molecule has 0 aliphatic carbocycles. The molecule has 38 heavy (non-hydrogen) atoms. The first-order valence-corrected chi connectivity index (χ1v) is 17.9. The molecule has 2 fully saturated rings. The molecule has 5 atom stereocenters. The number of rotatable bonds is 6. The van der Waals surface area contributed by atoms with Crippen LogP contribution in [0.1, 0.15) is 37.3 Å². The minimum absolute atomic E-state index is 0.00133. The van der Waals surface area contributed by atoms with Crippen molar-refractivity contribution in [3.63, 3.8) is 0 Å². The van der Waals surface area contributed by atoms with Gasteiger partial charge in [-0.3, -0.25) is 9.59 Å². The molecule has 0 bridgehead atoms. The van der Waals surface area contributed by atoms with Crippen LogP contribution in [-0.4, -0.2) is 55.5 Å². The Morgan fingerprint density at radius 3 is 2.63 bits per heavy atom. The second-order valence-electron chi connectivity index (χ2n) is 11.2. The molecule has 10 heteroatoms. The molecule has 1 N–H and O–H groups in total. The quantitative estimate of drug-likeness (QED) is 0.235. The summed E-state index contributed by atoms with van der Waals surface area (Å²) in [5.41, 5.74) is 0.559. The molecule has 2 aromatic rings. The number of halogens is 3. The third-order valence-corrected chi connectivity index (χ3v) is 12.1. The molecule has 2 amide bonds. The fourth-order valence-corrected chi connectivity index (χ4v) is 10.0. The molecule has 0 aromatic heterocycles. The highest BCUT2D eigenvalue weighted by molar-refractivity contribution is 14.1. The summed E-state index contributed by atoms with van der Waals surface area (Å²) in [6.45, 7) is 6.07. The molecule has 2 aromatic carbocycles. The van der Waals surface area contributed by atoms with Crippen LogP contribution in [-0.2, 0) is 26.5 Å². The lowest BCUT2D eigenvalue weighted by Crippen LogP contribution is -2.45. The molecule has 3 aliphatic heterocycles. The van der Waals surface area contributed by atoms with E-state index < -0.39 is 31.6 Å². The van der Waals surface area contributed by atoms with Crippen molar-refractivity contribution in [2.75, 3.05) is 18.1 Å². The highest BCUT2D eigenvalue weighted by atomic mass is 127. The number of hydrogen-bond donors (Lipinski definition) is 1. The molecular weight excluding hydrogens is 682 g/mol. The number of anilines is 1. The molecule has 5 rings (SSSR count). The van der Waals surface area contributed by atoms with E-state index in [1.165, 1.54) is 0 Å². The first kappa shape index (κ1) is 28.2. The molecule has 0 radical (unpaired) electrons. The summed E-state index contributed by atoms with van der Waals surface area (Å²) >= 11 is 5.82. The standard InChI is InChI=1S/C28H33BrFIN2O4Si/c1-17-26(38(2,3)30)24(14-25(35)32-12-4-5-21(32)16-34)37-28(17)22-13-19(29)8-11-23(22)33(27(28)36)15-18-6-9-20(31)10-7-18/h6-11,13,17,21,24,26,34H,4-5,12,14-16H2,1-3H3/t17-,21+,24+,26-,28+/m1/s1. The second kappa shape index (κ2) is 10.6. The van der Waals surface area contributed by atoms with E-state index >= 15 is 4.11 Å². The zero-order chi connectivity index (χ0) is 27.4. The average molecular weight is 715 g/mol. The first-order valence-electron chi connectivity index (χ1n) is 13.1. The van der Waals surface area contributed by atoms with Crippen molar-refractivity contribution in [1.82, 2.24) is 4.90 Å². The number of fused-ring (bicyclic) bond motifs is 2. The van der Waals surface area contributed by atoms with Gasteiger partial charge in [-0.25, -0.2) is 0 Å². The lowest BCUT2D eigenvalue weighted by atomic mass is 9.82. The zero-order valence-electron chi connectivity index (χ0n) is 21.8. The van der Waals surface area contributed by atoms with Crippen molar-refractivity contribution in [1.29, 1.82) is 0 Å². The largest absolute Gasteiger partial charge is 0.394 e. The van der Waals surface area contributed by atoms with Gasteiger partial charge in [-0.2, -0.15) is 0 Å². The van der Waals surface area contributed by atoms with Gasteiger partial charge in [0.15, 0.2) is 5.60 Å². The van der Waals surface area contributed by atoms with Gasteiger partial charge in [-0.15, -0.1) is 0 Å². The van der Waals surface area contributed by atoms with Gasteiger partial charge in [0.1, 0.15) is 0 Å². The Balaban J connectivity index is 1.53. The maximum absolute atomic E-state index is 16.0. The van der Waals surface area contributed by atoms with Gasteiger partial charge in [-0.05, 0) is 84.4 Å². The van der Waals surface area contributed by atoms with Crippen molar-refractivity contribution in [2.24, 2.45) is 5.92 Å². The predicted molar refractivity (Wildman–Crippen MR) is 159 cm³/mol. The third kappa shape index (κ3) is 4.78. The normalized spacial score (nSPS) is 29.0. The van der Waals surface area contributed by atoms with Crippen molar-refractivity contribution < 1.29 is 23.5 Å². The van der Waals surface area contributed by atoms with Crippen LogP contribution in [0.5, 0.6) is 0 Å². The molecule has 3 aliphatic rings. The van der Waals surface area contributed by atoms with Crippen LogP contribution in [0.4, 0.5) is 9.80 Å². The first-order chi connectivity index (χ1) is 18.0. The number of carbonyl (C=O) groups is 2. The molecule has 1 spiro atoms. The number of carbonyl (C=O) groups excluding carboxylic acids is 2. The van der Waals surface area contributed by atoms with Gasteiger partial charge >= 0.3 is 0 Å². The van der Waals surface area contributed by atoms with Crippen LogP contribution in [0.25, 0.3) is 0 Å². The van der Waals surface area contributed by atoms with Crippen molar-refractivity contribution in [3.8, 4) is 0 Å². The van der Waals surface area contributed by atoms with Gasteiger partial charge < -0.3 is 23.8 Å². The van der Waals surface area contributed by atoms with Crippen LogP contribution in [0.15, 0.2) is 46.9 Å². The summed E-state index contributed by atoms with van der Waals surface area (Å²) in [6, 6.07) is 13.6. The van der Waals surface area contributed by atoms with Crippen molar-refractivity contribution in [3.05, 3.63) is 61.6 Å². The molecular formula is C28H33BrFIN2O4Si. The number of likely N-dealkylation sites (tertiary alicyclic amines) is 1. The molecule has 0 unspecified atom stereocenters. The number of nitrogens with zero attached hydrogens (tertiary/aromatic N) is 2. The minimum Gasteiger partial charge on any atom is -0.394 e.